The monoisotopic (exact) mass is 572 g/mol. The molecule has 0 saturated carbocycles. The van der Waals surface area contributed by atoms with Gasteiger partial charge < -0.3 is 9.72 Å². The third-order valence-corrected chi connectivity index (χ3v) is 5.81. The summed E-state index contributed by atoms with van der Waals surface area (Å²) in [5.74, 6) is 0.486. The van der Waals surface area contributed by atoms with Gasteiger partial charge in [-0.2, -0.15) is 5.10 Å². The van der Waals surface area contributed by atoms with Gasteiger partial charge in [-0.1, -0.05) is 24.3 Å². The summed E-state index contributed by atoms with van der Waals surface area (Å²) in [4.78, 5) is 38.0. The van der Waals surface area contributed by atoms with Gasteiger partial charge in [0.15, 0.2) is 0 Å². The Hall–Kier alpha value is -3.57. The number of fused-ring (bicyclic) bond motifs is 1. The zero-order valence-electron chi connectivity index (χ0n) is 16.7. The summed E-state index contributed by atoms with van der Waals surface area (Å²) in [6.07, 6.45) is 1.38. The zero-order chi connectivity index (χ0) is 23.5. The highest BCUT2D eigenvalue weighted by atomic mass is 79.9. The second-order valence-corrected chi connectivity index (χ2v) is 8.58. The standard InChI is InChI=1S/C22H14Br2N4O5/c23-17-9-14(11-25-27-21(29)16-6-1-2-7-19(16)26-22(27)30)10-18(24)20(17)33-12-13-4-3-5-15(8-13)28(31)32/h1-11H,12H2,(H,26,30). The number of H-pyrrole nitrogens is 1. The van der Waals surface area contributed by atoms with E-state index in [-0.39, 0.29) is 12.3 Å². The van der Waals surface area contributed by atoms with Crippen LogP contribution in [-0.2, 0) is 6.61 Å². The lowest BCUT2D eigenvalue weighted by atomic mass is 10.2. The normalized spacial score (nSPS) is 11.2. The highest BCUT2D eigenvalue weighted by Crippen LogP contribution is 2.35. The van der Waals surface area contributed by atoms with Gasteiger partial charge in [0, 0.05) is 12.1 Å². The zero-order valence-corrected chi connectivity index (χ0v) is 19.9. The fourth-order valence-corrected chi connectivity index (χ4v) is 4.54. The number of ether oxygens (including phenoxy) is 1. The summed E-state index contributed by atoms with van der Waals surface area (Å²) in [7, 11) is 0. The van der Waals surface area contributed by atoms with Gasteiger partial charge in [0.1, 0.15) is 12.4 Å². The van der Waals surface area contributed by atoms with E-state index in [0.29, 0.717) is 36.7 Å². The van der Waals surface area contributed by atoms with Crippen LogP contribution in [0.15, 0.2) is 84.3 Å². The van der Waals surface area contributed by atoms with Crippen molar-refractivity contribution in [2.75, 3.05) is 0 Å². The number of nitro benzene ring substituents is 1. The predicted octanol–water partition coefficient (Wildman–Crippen LogP) is 4.58. The summed E-state index contributed by atoms with van der Waals surface area (Å²) < 4.78 is 7.76. The lowest BCUT2D eigenvalue weighted by Gasteiger charge is -2.11. The number of hydrogen-bond donors (Lipinski definition) is 1. The van der Waals surface area contributed by atoms with Gasteiger partial charge in [0.2, 0.25) is 0 Å². The number of nitrogens with one attached hydrogen (secondary N) is 1. The van der Waals surface area contributed by atoms with Crippen LogP contribution in [0.2, 0.25) is 0 Å². The minimum absolute atomic E-state index is 0.0142. The molecule has 0 unspecified atom stereocenters. The molecule has 0 radical (unpaired) electrons. The van der Waals surface area contributed by atoms with E-state index in [1.807, 2.05) is 0 Å². The van der Waals surface area contributed by atoms with Gasteiger partial charge in [0.25, 0.3) is 11.2 Å². The Labute approximate surface area is 202 Å². The Morgan fingerprint density at radius 2 is 1.79 bits per heavy atom. The third kappa shape index (κ3) is 4.94. The molecule has 3 aromatic carbocycles. The smallest absolute Gasteiger partial charge is 0.349 e. The van der Waals surface area contributed by atoms with Gasteiger partial charge in [0.05, 0.1) is 31.0 Å². The third-order valence-electron chi connectivity index (χ3n) is 4.63. The predicted molar refractivity (Wildman–Crippen MR) is 131 cm³/mol. The quantitative estimate of drug-likeness (QED) is 0.206. The number of hydrogen-bond acceptors (Lipinski definition) is 6. The van der Waals surface area contributed by atoms with E-state index in [1.54, 1.807) is 48.5 Å². The summed E-state index contributed by atoms with van der Waals surface area (Å²) >= 11 is 6.87. The van der Waals surface area contributed by atoms with E-state index in [9.17, 15) is 19.7 Å². The molecular formula is C22H14Br2N4O5. The molecule has 1 N–H and O–H groups in total. The van der Waals surface area contributed by atoms with Crippen LogP contribution in [0.25, 0.3) is 10.9 Å². The summed E-state index contributed by atoms with van der Waals surface area (Å²) in [5.41, 5.74) is 0.486. The van der Waals surface area contributed by atoms with E-state index < -0.39 is 16.2 Å². The molecule has 4 rings (SSSR count). The summed E-state index contributed by atoms with van der Waals surface area (Å²) in [6.45, 7) is 0.119. The van der Waals surface area contributed by atoms with Crippen LogP contribution in [-0.4, -0.2) is 20.8 Å². The van der Waals surface area contributed by atoms with E-state index in [2.05, 4.69) is 41.9 Å². The van der Waals surface area contributed by atoms with Crippen LogP contribution in [0.3, 0.4) is 0 Å². The Balaban J connectivity index is 1.58. The molecule has 0 saturated heterocycles. The van der Waals surface area contributed by atoms with Crippen LogP contribution < -0.4 is 16.0 Å². The van der Waals surface area contributed by atoms with Crippen molar-refractivity contribution in [1.82, 2.24) is 9.66 Å². The molecule has 33 heavy (non-hydrogen) atoms. The fraction of sp³-hybridized carbons (Fsp3) is 0.0455. The lowest BCUT2D eigenvalue weighted by Crippen LogP contribution is -2.32. The number of aromatic amines is 1. The van der Waals surface area contributed by atoms with Gasteiger partial charge in [-0.15, -0.1) is 4.68 Å². The molecule has 1 heterocycles. The molecule has 4 aromatic rings. The second kappa shape index (κ2) is 9.51. The van der Waals surface area contributed by atoms with Crippen molar-refractivity contribution in [3.8, 4) is 5.75 Å². The first-order valence-corrected chi connectivity index (χ1v) is 11.1. The number of nitro groups is 1. The molecule has 0 atom stereocenters. The van der Waals surface area contributed by atoms with Gasteiger partial charge in [-0.05, 0) is 67.3 Å². The van der Waals surface area contributed by atoms with E-state index in [4.69, 9.17) is 4.74 Å². The lowest BCUT2D eigenvalue weighted by molar-refractivity contribution is -0.384. The Morgan fingerprint density at radius 1 is 1.06 bits per heavy atom. The molecule has 0 aliphatic heterocycles. The molecular weight excluding hydrogens is 560 g/mol. The maximum absolute atomic E-state index is 12.6. The molecule has 11 heteroatoms. The van der Waals surface area contributed by atoms with Crippen molar-refractivity contribution in [2.45, 2.75) is 6.61 Å². The van der Waals surface area contributed by atoms with Gasteiger partial charge in [-0.3, -0.25) is 14.9 Å². The molecule has 0 spiro atoms. The van der Waals surface area contributed by atoms with E-state index in [0.717, 1.165) is 4.68 Å². The molecule has 0 bridgehead atoms. The Kier molecular flexibility index (Phi) is 6.52. The minimum atomic E-state index is -0.648. The van der Waals surface area contributed by atoms with Crippen LogP contribution in [0.1, 0.15) is 11.1 Å². The van der Waals surface area contributed by atoms with Crippen molar-refractivity contribution >= 4 is 54.7 Å². The number of non-ortho nitro benzene ring substituents is 1. The Bertz CT molecular complexity index is 1500. The van der Waals surface area contributed by atoms with Gasteiger partial charge in [-0.25, -0.2) is 4.79 Å². The van der Waals surface area contributed by atoms with E-state index >= 15 is 0 Å². The van der Waals surface area contributed by atoms with Crippen LogP contribution >= 0.6 is 31.9 Å². The number of halogens is 2. The molecule has 0 fully saturated rings. The van der Waals surface area contributed by atoms with Crippen molar-refractivity contribution in [3.05, 3.63) is 112 Å². The average Bonchev–Trinajstić information content (AvgIpc) is 2.78. The first-order chi connectivity index (χ1) is 15.8. The van der Waals surface area contributed by atoms with Crippen LogP contribution in [0.4, 0.5) is 5.69 Å². The SMILES string of the molecule is O=c1[nH]c2ccccc2c(=O)n1N=Cc1cc(Br)c(OCc2cccc([N+](=O)[O-])c2)c(Br)c1. The maximum atomic E-state index is 12.6. The largest absolute Gasteiger partial charge is 0.487 e. The average molecular weight is 574 g/mol. The first-order valence-electron chi connectivity index (χ1n) is 9.47. The number of nitrogens with zero attached hydrogens (tertiary/aromatic N) is 3. The van der Waals surface area contributed by atoms with Crippen LogP contribution in [0, 0.1) is 10.1 Å². The maximum Gasteiger partial charge on any atom is 0.349 e. The highest BCUT2D eigenvalue weighted by Gasteiger charge is 2.11. The fourth-order valence-electron chi connectivity index (χ4n) is 3.09. The minimum Gasteiger partial charge on any atom is -0.487 e. The van der Waals surface area contributed by atoms with Crippen molar-refractivity contribution in [1.29, 1.82) is 0 Å². The first kappa shape index (κ1) is 22.6. The number of benzene rings is 3. The summed E-state index contributed by atoms with van der Waals surface area (Å²) in [5, 5.41) is 15.3. The summed E-state index contributed by atoms with van der Waals surface area (Å²) in [6, 6.07) is 16.3. The molecule has 9 nitrogen and oxygen atoms in total. The second-order valence-electron chi connectivity index (χ2n) is 6.87. The van der Waals surface area contributed by atoms with E-state index in [1.165, 1.54) is 18.3 Å². The number of para-hydroxylation sites is 1. The Morgan fingerprint density at radius 3 is 2.52 bits per heavy atom. The molecule has 0 aliphatic rings. The molecule has 0 aliphatic carbocycles. The molecule has 1 aromatic heterocycles. The topological polar surface area (TPSA) is 120 Å². The van der Waals surface area contributed by atoms with Crippen LogP contribution in [0.5, 0.6) is 5.75 Å². The molecule has 166 valence electrons. The molecule has 0 amide bonds. The highest BCUT2D eigenvalue weighted by molar-refractivity contribution is 9.11. The number of aromatic nitrogens is 2. The van der Waals surface area contributed by atoms with Gasteiger partial charge >= 0.3 is 5.69 Å². The van der Waals surface area contributed by atoms with Crippen molar-refractivity contribution < 1.29 is 9.66 Å². The van der Waals surface area contributed by atoms with Crippen molar-refractivity contribution in [3.63, 3.8) is 0 Å². The van der Waals surface area contributed by atoms with Crippen molar-refractivity contribution in [2.24, 2.45) is 5.10 Å². The number of rotatable bonds is 6.